The lowest BCUT2D eigenvalue weighted by molar-refractivity contribution is 0.432. The van der Waals surface area contributed by atoms with Crippen molar-refractivity contribution < 1.29 is 12.8 Å². The summed E-state index contributed by atoms with van der Waals surface area (Å²) in [6, 6.07) is 6.79. The van der Waals surface area contributed by atoms with E-state index in [2.05, 4.69) is 10.3 Å². The third-order valence-electron chi connectivity index (χ3n) is 3.71. The Labute approximate surface area is 130 Å². The average molecular weight is 321 g/mol. The molecule has 2 heterocycles. The van der Waals surface area contributed by atoms with Crippen molar-refractivity contribution in [2.45, 2.75) is 18.2 Å². The van der Waals surface area contributed by atoms with Gasteiger partial charge in [0, 0.05) is 32.1 Å². The highest BCUT2D eigenvalue weighted by molar-refractivity contribution is 7.89. The van der Waals surface area contributed by atoms with Gasteiger partial charge >= 0.3 is 0 Å². The smallest absolute Gasteiger partial charge is 0.243 e. The minimum absolute atomic E-state index is 0.318. The van der Waals surface area contributed by atoms with Crippen LogP contribution < -0.4 is 5.32 Å². The van der Waals surface area contributed by atoms with Crippen LogP contribution in [0, 0.1) is 6.92 Å². The lowest BCUT2D eigenvalue weighted by Crippen LogP contribution is -2.34. The molecule has 0 aliphatic carbocycles. The molecular weight excluding hydrogens is 302 g/mol. The predicted octanol–water partition coefficient (Wildman–Crippen LogP) is 1.63. The molecule has 1 aromatic heterocycles. The second-order valence-electron chi connectivity index (χ2n) is 5.28. The summed E-state index contributed by atoms with van der Waals surface area (Å²) in [4.78, 5) is 4.56. The van der Waals surface area contributed by atoms with Crippen LogP contribution in [0.3, 0.4) is 0 Å². The van der Waals surface area contributed by atoms with Crippen LogP contribution in [0.15, 0.2) is 39.8 Å². The first kappa shape index (κ1) is 15.2. The van der Waals surface area contributed by atoms with Gasteiger partial charge in [-0.25, -0.2) is 13.4 Å². The molecule has 0 saturated carbocycles. The molecule has 7 heteroatoms. The quantitative estimate of drug-likeness (QED) is 0.930. The number of hydrogen-bond donors (Lipinski definition) is 1. The number of nitrogens with one attached hydrogen (secondary N) is 1. The highest BCUT2D eigenvalue weighted by Gasteiger charge is 2.24. The molecule has 1 saturated heterocycles. The Morgan fingerprint density at radius 3 is 2.64 bits per heavy atom. The van der Waals surface area contributed by atoms with Gasteiger partial charge in [-0.15, -0.1) is 0 Å². The van der Waals surface area contributed by atoms with E-state index in [1.54, 1.807) is 41.8 Å². The molecule has 3 rings (SSSR count). The summed E-state index contributed by atoms with van der Waals surface area (Å²) < 4.78 is 32.0. The lowest BCUT2D eigenvalue weighted by atomic mass is 10.2. The van der Waals surface area contributed by atoms with E-state index in [1.165, 1.54) is 0 Å². The lowest BCUT2D eigenvalue weighted by Gasteiger charge is -2.19. The van der Waals surface area contributed by atoms with Crippen molar-refractivity contribution in [3.05, 3.63) is 36.4 Å². The summed E-state index contributed by atoms with van der Waals surface area (Å²) in [6.45, 7) is 4.38. The van der Waals surface area contributed by atoms with Crippen molar-refractivity contribution in [1.29, 1.82) is 0 Å². The molecule has 1 aliphatic rings. The molecule has 0 spiro atoms. The first-order valence-corrected chi connectivity index (χ1v) is 8.75. The number of aromatic nitrogens is 1. The standard InChI is InChI=1S/C15H19N3O3S/c1-12-17-15(11-21-12)13-3-5-14(6-4-13)22(19,20)18-9-2-7-16-8-10-18/h3-6,11,16H,2,7-10H2,1H3. The van der Waals surface area contributed by atoms with Gasteiger partial charge in [-0.3, -0.25) is 0 Å². The Morgan fingerprint density at radius 2 is 1.95 bits per heavy atom. The number of oxazole rings is 1. The topological polar surface area (TPSA) is 75.4 Å². The zero-order chi connectivity index (χ0) is 15.6. The second-order valence-corrected chi connectivity index (χ2v) is 7.22. The van der Waals surface area contributed by atoms with E-state index in [0.29, 0.717) is 36.1 Å². The SMILES string of the molecule is Cc1nc(-c2ccc(S(=O)(=O)N3CCCNCC3)cc2)co1. The fourth-order valence-corrected chi connectivity index (χ4v) is 3.98. The van der Waals surface area contributed by atoms with Crippen LogP contribution in [0.4, 0.5) is 0 Å². The minimum atomic E-state index is -3.43. The molecule has 1 N–H and O–H groups in total. The van der Waals surface area contributed by atoms with Crippen molar-refractivity contribution >= 4 is 10.0 Å². The molecule has 22 heavy (non-hydrogen) atoms. The van der Waals surface area contributed by atoms with Crippen LogP contribution in [0.25, 0.3) is 11.3 Å². The fourth-order valence-electron chi connectivity index (χ4n) is 2.50. The maximum atomic E-state index is 12.7. The van der Waals surface area contributed by atoms with Gasteiger partial charge < -0.3 is 9.73 Å². The number of aryl methyl sites for hydroxylation is 1. The summed E-state index contributed by atoms with van der Waals surface area (Å²) in [5.74, 6) is 0.587. The van der Waals surface area contributed by atoms with E-state index in [1.807, 2.05) is 0 Å². The Hall–Kier alpha value is -1.70. The van der Waals surface area contributed by atoms with Gasteiger partial charge in [0.1, 0.15) is 12.0 Å². The molecule has 0 radical (unpaired) electrons. The zero-order valence-electron chi connectivity index (χ0n) is 12.4. The van der Waals surface area contributed by atoms with Crippen molar-refractivity contribution in [2.24, 2.45) is 0 Å². The molecule has 0 atom stereocenters. The van der Waals surface area contributed by atoms with Gasteiger partial charge in [0.2, 0.25) is 10.0 Å². The average Bonchev–Trinajstić information content (AvgIpc) is 2.77. The van der Waals surface area contributed by atoms with Gasteiger partial charge in [-0.2, -0.15) is 4.31 Å². The van der Waals surface area contributed by atoms with Crippen molar-refractivity contribution in [1.82, 2.24) is 14.6 Å². The Morgan fingerprint density at radius 1 is 1.18 bits per heavy atom. The number of sulfonamides is 1. The van der Waals surface area contributed by atoms with Crippen molar-refractivity contribution in [2.75, 3.05) is 26.2 Å². The second kappa shape index (κ2) is 6.20. The summed E-state index contributed by atoms with van der Waals surface area (Å²) in [5.41, 5.74) is 1.55. The number of benzene rings is 1. The van der Waals surface area contributed by atoms with Crippen LogP contribution in [0.5, 0.6) is 0 Å². The molecule has 118 valence electrons. The van der Waals surface area contributed by atoms with Crippen LogP contribution in [-0.2, 0) is 10.0 Å². The minimum Gasteiger partial charge on any atom is -0.449 e. The summed E-state index contributed by atoms with van der Waals surface area (Å²) in [5, 5.41) is 3.21. The van der Waals surface area contributed by atoms with E-state index >= 15 is 0 Å². The zero-order valence-corrected chi connectivity index (χ0v) is 13.3. The third-order valence-corrected chi connectivity index (χ3v) is 5.62. The Bertz CT molecular complexity index is 730. The van der Waals surface area contributed by atoms with Crippen LogP contribution >= 0.6 is 0 Å². The van der Waals surface area contributed by atoms with Gasteiger partial charge in [0.25, 0.3) is 0 Å². The van der Waals surface area contributed by atoms with Crippen molar-refractivity contribution in [3.63, 3.8) is 0 Å². The number of hydrogen-bond acceptors (Lipinski definition) is 5. The predicted molar refractivity (Wildman–Crippen MR) is 82.9 cm³/mol. The molecular formula is C15H19N3O3S. The van der Waals surface area contributed by atoms with Gasteiger partial charge in [0.15, 0.2) is 5.89 Å². The van der Waals surface area contributed by atoms with E-state index in [4.69, 9.17) is 4.42 Å². The molecule has 1 fully saturated rings. The number of nitrogens with zero attached hydrogens (tertiary/aromatic N) is 2. The van der Waals surface area contributed by atoms with Gasteiger partial charge in [-0.1, -0.05) is 12.1 Å². The molecule has 0 bridgehead atoms. The van der Waals surface area contributed by atoms with Crippen LogP contribution in [0.1, 0.15) is 12.3 Å². The van der Waals surface area contributed by atoms with Gasteiger partial charge in [-0.05, 0) is 25.1 Å². The fraction of sp³-hybridized carbons (Fsp3) is 0.400. The molecule has 6 nitrogen and oxygen atoms in total. The summed E-state index contributed by atoms with van der Waals surface area (Å²) >= 11 is 0. The van der Waals surface area contributed by atoms with Crippen molar-refractivity contribution in [3.8, 4) is 11.3 Å². The number of rotatable bonds is 3. The van der Waals surface area contributed by atoms with E-state index in [-0.39, 0.29) is 0 Å². The normalized spacial score (nSPS) is 17.3. The third kappa shape index (κ3) is 3.06. The Kier molecular flexibility index (Phi) is 4.28. The largest absolute Gasteiger partial charge is 0.449 e. The first-order chi connectivity index (χ1) is 10.6. The molecule has 0 amide bonds. The molecule has 2 aromatic rings. The van der Waals surface area contributed by atoms with E-state index in [0.717, 1.165) is 18.5 Å². The van der Waals surface area contributed by atoms with Gasteiger partial charge in [0.05, 0.1) is 4.90 Å². The van der Waals surface area contributed by atoms with E-state index < -0.39 is 10.0 Å². The van der Waals surface area contributed by atoms with Crippen LogP contribution in [-0.4, -0.2) is 43.9 Å². The maximum absolute atomic E-state index is 12.7. The Balaban J connectivity index is 1.85. The van der Waals surface area contributed by atoms with E-state index in [9.17, 15) is 8.42 Å². The maximum Gasteiger partial charge on any atom is 0.243 e. The molecule has 1 aliphatic heterocycles. The highest BCUT2D eigenvalue weighted by Crippen LogP contribution is 2.22. The first-order valence-electron chi connectivity index (χ1n) is 7.31. The monoisotopic (exact) mass is 321 g/mol. The summed E-state index contributed by atoms with van der Waals surface area (Å²) in [6.07, 6.45) is 2.40. The molecule has 0 unspecified atom stereocenters. The molecule has 1 aromatic carbocycles. The highest BCUT2D eigenvalue weighted by atomic mass is 32.2. The van der Waals surface area contributed by atoms with Crippen LogP contribution in [0.2, 0.25) is 0 Å². The summed E-state index contributed by atoms with van der Waals surface area (Å²) in [7, 11) is -3.43.